The van der Waals surface area contributed by atoms with Crippen LogP contribution in [-0.4, -0.2) is 11.6 Å². The predicted molar refractivity (Wildman–Crippen MR) is 56.4 cm³/mol. The maximum Gasteiger partial charge on any atom is 0.182 e. The van der Waals surface area contributed by atoms with Gasteiger partial charge in [0.1, 0.15) is 6.07 Å². The molecule has 0 unspecified atom stereocenters. The van der Waals surface area contributed by atoms with E-state index in [2.05, 4.69) is 4.98 Å². The summed E-state index contributed by atoms with van der Waals surface area (Å²) in [6, 6.07) is 5.64. The zero-order chi connectivity index (χ0) is 10.5. The normalized spacial score (nSPS) is 16.2. The van der Waals surface area contributed by atoms with Crippen LogP contribution in [0.4, 0.5) is 0 Å². The molecule has 1 saturated carbocycles. The second-order valence-electron chi connectivity index (χ2n) is 3.92. The van der Waals surface area contributed by atoms with Crippen LogP contribution >= 0.6 is 0 Å². The molecule has 1 aromatic heterocycles. The Morgan fingerprint density at radius 3 is 3.00 bits per heavy atom. The van der Waals surface area contributed by atoms with Crippen molar-refractivity contribution in [3.63, 3.8) is 0 Å². The summed E-state index contributed by atoms with van der Waals surface area (Å²) in [7, 11) is 0. The highest BCUT2D eigenvalue weighted by Gasteiger charge is 2.16. The molecular weight excluding hydrogens is 188 g/mol. The molecule has 0 bridgehead atoms. The van der Waals surface area contributed by atoms with Crippen molar-refractivity contribution < 1.29 is 4.74 Å². The minimum absolute atomic E-state index is 0.385. The smallest absolute Gasteiger partial charge is 0.182 e. The standard InChI is InChI=1S/C12H14N2O/c13-8-11-12(6-3-7-14-11)15-9-10-4-1-2-5-10/h3,6-7,10H,1-2,4-5,9H2. The van der Waals surface area contributed by atoms with E-state index >= 15 is 0 Å². The largest absolute Gasteiger partial charge is 0.490 e. The van der Waals surface area contributed by atoms with E-state index < -0.39 is 0 Å². The van der Waals surface area contributed by atoms with Crippen molar-refractivity contribution in [2.45, 2.75) is 25.7 Å². The maximum absolute atomic E-state index is 8.82. The van der Waals surface area contributed by atoms with Gasteiger partial charge in [0.2, 0.25) is 0 Å². The van der Waals surface area contributed by atoms with Crippen LogP contribution in [0.5, 0.6) is 5.75 Å². The van der Waals surface area contributed by atoms with E-state index in [0.717, 1.165) is 6.61 Å². The summed E-state index contributed by atoms with van der Waals surface area (Å²) in [5, 5.41) is 8.82. The number of pyridine rings is 1. The van der Waals surface area contributed by atoms with Gasteiger partial charge in [0.25, 0.3) is 0 Å². The van der Waals surface area contributed by atoms with Crippen molar-refractivity contribution in [1.29, 1.82) is 5.26 Å². The molecule has 1 aromatic rings. The summed E-state index contributed by atoms with van der Waals surface area (Å²) >= 11 is 0. The van der Waals surface area contributed by atoms with Crippen molar-refractivity contribution in [1.82, 2.24) is 4.98 Å². The van der Waals surface area contributed by atoms with E-state index in [1.54, 1.807) is 18.3 Å². The van der Waals surface area contributed by atoms with E-state index in [0.29, 0.717) is 17.4 Å². The Bertz CT molecular complexity index is 364. The number of ether oxygens (including phenoxy) is 1. The molecule has 0 spiro atoms. The molecular formula is C12H14N2O. The van der Waals surface area contributed by atoms with E-state index in [4.69, 9.17) is 10.00 Å². The fraction of sp³-hybridized carbons (Fsp3) is 0.500. The van der Waals surface area contributed by atoms with Crippen LogP contribution in [0, 0.1) is 17.2 Å². The van der Waals surface area contributed by atoms with Gasteiger partial charge >= 0.3 is 0 Å². The first-order valence-corrected chi connectivity index (χ1v) is 5.38. The van der Waals surface area contributed by atoms with Gasteiger partial charge in [0, 0.05) is 6.20 Å². The molecule has 0 amide bonds. The molecule has 1 heterocycles. The van der Waals surface area contributed by atoms with Gasteiger partial charge in [-0.1, -0.05) is 12.8 Å². The first-order chi connectivity index (χ1) is 7.40. The zero-order valence-electron chi connectivity index (χ0n) is 8.65. The van der Waals surface area contributed by atoms with E-state index in [1.807, 2.05) is 6.07 Å². The van der Waals surface area contributed by atoms with Crippen LogP contribution in [0.2, 0.25) is 0 Å². The van der Waals surface area contributed by atoms with Crippen LogP contribution in [0.15, 0.2) is 18.3 Å². The lowest BCUT2D eigenvalue weighted by atomic mass is 10.1. The van der Waals surface area contributed by atoms with Gasteiger partial charge in [-0.2, -0.15) is 5.26 Å². The molecule has 0 N–H and O–H groups in total. The van der Waals surface area contributed by atoms with Gasteiger partial charge in [0.15, 0.2) is 11.4 Å². The SMILES string of the molecule is N#Cc1ncccc1OCC1CCCC1. The van der Waals surface area contributed by atoms with Crippen molar-refractivity contribution >= 4 is 0 Å². The number of nitrogens with zero attached hydrogens (tertiary/aromatic N) is 2. The number of rotatable bonds is 3. The van der Waals surface area contributed by atoms with Crippen LogP contribution in [0.25, 0.3) is 0 Å². The Morgan fingerprint density at radius 2 is 2.27 bits per heavy atom. The highest BCUT2D eigenvalue weighted by molar-refractivity contribution is 5.36. The van der Waals surface area contributed by atoms with Crippen LogP contribution in [0.3, 0.4) is 0 Å². The van der Waals surface area contributed by atoms with Gasteiger partial charge in [-0.3, -0.25) is 0 Å². The highest BCUT2D eigenvalue weighted by atomic mass is 16.5. The lowest BCUT2D eigenvalue weighted by Crippen LogP contribution is -2.09. The van der Waals surface area contributed by atoms with E-state index in [1.165, 1.54) is 25.7 Å². The molecule has 1 aliphatic carbocycles. The molecule has 2 rings (SSSR count). The minimum Gasteiger partial charge on any atom is -0.490 e. The topological polar surface area (TPSA) is 45.9 Å². The third kappa shape index (κ3) is 2.47. The first kappa shape index (κ1) is 9.97. The summed E-state index contributed by atoms with van der Waals surface area (Å²) in [5.74, 6) is 1.28. The van der Waals surface area contributed by atoms with Crippen molar-refractivity contribution in [3.05, 3.63) is 24.0 Å². The van der Waals surface area contributed by atoms with Crippen LogP contribution < -0.4 is 4.74 Å². The molecule has 1 fully saturated rings. The van der Waals surface area contributed by atoms with Crippen LogP contribution in [0.1, 0.15) is 31.4 Å². The first-order valence-electron chi connectivity index (χ1n) is 5.38. The summed E-state index contributed by atoms with van der Waals surface area (Å²) in [6.07, 6.45) is 6.74. The van der Waals surface area contributed by atoms with Gasteiger partial charge in [-0.15, -0.1) is 0 Å². The quantitative estimate of drug-likeness (QED) is 0.756. The molecule has 0 saturated heterocycles. The number of hydrogen-bond acceptors (Lipinski definition) is 3. The summed E-state index contributed by atoms with van der Waals surface area (Å²) in [4.78, 5) is 3.96. The Morgan fingerprint density at radius 1 is 1.47 bits per heavy atom. The number of hydrogen-bond donors (Lipinski definition) is 0. The Hall–Kier alpha value is -1.56. The summed E-state index contributed by atoms with van der Waals surface area (Å²) in [6.45, 7) is 0.723. The molecule has 15 heavy (non-hydrogen) atoms. The van der Waals surface area contributed by atoms with Gasteiger partial charge in [0.05, 0.1) is 6.61 Å². The summed E-state index contributed by atoms with van der Waals surface area (Å²) in [5.41, 5.74) is 0.385. The van der Waals surface area contributed by atoms with Crippen molar-refractivity contribution in [2.75, 3.05) is 6.61 Å². The Kier molecular flexibility index (Phi) is 3.18. The highest BCUT2D eigenvalue weighted by Crippen LogP contribution is 2.26. The molecule has 0 aliphatic heterocycles. The minimum atomic E-state index is 0.385. The molecule has 3 heteroatoms. The molecule has 78 valence electrons. The lowest BCUT2D eigenvalue weighted by molar-refractivity contribution is 0.250. The monoisotopic (exact) mass is 202 g/mol. The number of aromatic nitrogens is 1. The zero-order valence-corrected chi connectivity index (χ0v) is 8.65. The third-order valence-corrected chi connectivity index (χ3v) is 2.83. The van der Waals surface area contributed by atoms with Crippen molar-refractivity contribution in [3.8, 4) is 11.8 Å². The van der Waals surface area contributed by atoms with E-state index in [9.17, 15) is 0 Å². The third-order valence-electron chi connectivity index (χ3n) is 2.83. The number of nitriles is 1. The molecule has 0 radical (unpaired) electrons. The maximum atomic E-state index is 8.82. The fourth-order valence-electron chi connectivity index (χ4n) is 1.98. The van der Waals surface area contributed by atoms with Gasteiger partial charge < -0.3 is 4.74 Å². The predicted octanol–water partition coefficient (Wildman–Crippen LogP) is 2.52. The summed E-state index contributed by atoms with van der Waals surface area (Å²) < 4.78 is 5.63. The second-order valence-corrected chi connectivity index (χ2v) is 3.92. The Balaban J connectivity index is 1.95. The molecule has 0 atom stereocenters. The molecule has 3 nitrogen and oxygen atoms in total. The average molecular weight is 202 g/mol. The Labute approximate surface area is 89.7 Å². The molecule has 1 aliphatic rings. The molecule has 0 aromatic carbocycles. The lowest BCUT2D eigenvalue weighted by Gasteiger charge is -2.11. The van der Waals surface area contributed by atoms with Gasteiger partial charge in [-0.25, -0.2) is 4.98 Å². The fourth-order valence-corrected chi connectivity index (χ4v) is 1.98. The van der Waals surface area contributed by atoms with Crippen LogP contribution in [-0.2, 0) is 0 Å². The van der Waals surface area contributed by atoms with Crippen molar-refractivity contribution in [2.24, 2.45) is 5.92 Å². The second kappa shape index (κ2) is 4.79. The van der Waals surface area contributed by atoms with Gasteiger partial charge in [-0.05, 0) is 30.9 Å². The average Bonchev–Trinajstić information content (AvgIpc) is 2.79. The van der Waals surface area contributed by atoms with E-state index in [-0.39, 0.29) is 0 Å².